The van der Waals surface area contributed by atoms with Crippen LogP contribution in [0.3, 0.4) is 0 Å². The maximum absolute atomic E-state index is 12.4. The minimum Gasteiger partial charge on any atom is -0.496 e. The third-order valence-corrected chi connectivity index (χ3v) is 4.93. The van der Waals surface area contributed by atoms with Gasteiger partial charge in [0.1, 0.15) is 5.75 Å². The summed E-state index contributed by atoms with van der Waals surface area (Å²) in [4.78, 5) is 26.0. The summed E-state index contributed by atoms with van der Waals surface area (Å²) in [6, 6.07) is 12.2. The highest BCUT2D eigenvalue weighted by Gasteiger charge is 2.23. The predicted octanol–water partition coefficient (Wildman–Crippen LogP) is 3.98. The monoisotopic (exact) mass is 392 g/mol. The number of likely N-dealkylation sites (N-methyl/N-ethyl adjacent to an activating group) is 1. The average Bonchev–Trinajstić information content (AvgIpc) is 2.72. The molecular formula is C23H24N2O4. The molecule has 1 aliphatic rings. The first-order valence-corrected chi connectivity index (χ1v) is 9.34. The van der Waals surface area contributed by atoms with Crippen LogP contribution in [0.4, 0.5) is 5.69 Å². The molecule has 1 atom stereocenters. The van der Waals surface area contributed by atoms with Gasteiger partial charge in [0.05, 0.1) is 18.4 Å². The molecule has 3 rings (SSSR count). The first-order valence-electron chi connectivity index (χ1n) is 9.34. The zero-order valence-corrected chi connectivity index (χ0v) is 16.5. The Bertz CT molecular complexity index is 965. The van der Waals surface area contributed by atoms with Gasteiger partial charge in [0.25, 0.3) is 0 Å². The number of carbonyl (C=O) groups excluding carboxylic acids is 1. The lowest BCUT2D eigenvalue weighted by Gasteiger charge is -2.31. The summed E-state index contributed by atoms with van der Waals surface area (Å²) in [7, 11) is 3.70. The van der Waals surface area contributed by atoms with Gasteiger partial charge < -0.3 is 15.2 Å². The van der Waals surface area contributed by atoms with Crippen molar-refractivity contribution in [1.82, 2.24) is 4.90 Å². The molecule has 0 saturated heterocycles. The SMILES string of the molecule is COc1cccc(/C=C/C(=O)Nc2ccccc2C(=O)O)c1C1CC=CCN1C. The molecule has 2 N–H and O–H groups in total. The van der Waals surface area contributed by atoms with Gasteiger partial charge in [-0.3, -0.25) is 9.69 Å². The summed E-state index contributed by atoms with van der Waals surface area (Å²) in [6.45, 7) is 0.846. The van der Waals surface area contributed by atoms with Crippen molar-refractivity contribution in [3.63, 3.8) is 0 Å². The fraction of sp³-hybridized carbons (Fsp3) is 0.217. The quantitative estimate of drug-likeness (QED) is 0.574. The second-order valence-electron chi connectivity index (χ2n) is 6.80. The van der Waals surface area contributed by atoms with E-state index in [1.807, 2.05) is 18.2 Å². The number of ether oxygens (including phenoxy) is 1. The van der Waals surface area contributed by atoms with E-state index in [0.717, 1.165) is 29.8 Å². The molecule has 29 heavy (non-hydrogen) atoms. The molecule has 0 fully saturated rings. The van der Waals surface area contributed by atoms with Crippen LogP contribution in [0.15, 0.2) is 60.7 Å². The fourth-order valence-electron chi connectivity index (χ4n) is 3.47. The number of carbonyl (C=O) groups is 2. The van der Waals surface area contributed by atoms with Gasteiger partial charge in [0, 0.05) is 24.2 Å². The minimum absolute atomic E-state index is 0.0481. The standard InChI is InChI=1S/C23H24N2O4/c1-25-15-6-5-11-19(25)22-16(8-7-12-20(22)29-2)13-14-21(26)24-18-10-4-3-9-17(18)23(27)28/h3-10,12-14,19H,11,15H2,1-2H3,(H,24,26)(H,27,28)/b14-13+. The number of benzene rings is 2. The molecule has 0 radical (unpaired) electrons. The molecule has 6 heteroatoms. The summed E-state index contributed by atoms with van der Waals surface area (Å²) < 4.78 is 5.58. The molecule has 6 nitrogen and oxygen atoms in total. The summed E-state index contributed by atoms with van der Waals surface area (Å²) in [6.07, 6.45) is 8.29. The Balaban J connectivity index is 1.86. The van der Waals surface area contributed by atoms with Gasteiger partial charge in [0.15, 0.2) is 0 Å². The Hall–Kier alpha value is -3.38. The maximum Gasteiger partial charge on any atom is 0.337 e. The van der Waals surface area contributed by atoms with Gasteiger partial charge in [-0.05, 0) is 43.3 Å². The number of methoxy groups -OCH3 is 1. The number of nitrogens with one attached hydrogen (secondary N) is 1. The van der Waals surface area contributed by atoms with E-state index in [4.69, 9.17) is 4.74 Å². The van der Waals surface area contributed by atoms with Crippen LogP contribution >= 0.6 is 0 Å². The van der Waals surface area contributed by atoms with Crippen LogP contribution in [0.1, 0.15) is 33.9 Å². The molecule has 0 spiro atoms. The number of para-hydroxylation sites is 1. The van der Waals surface area contributed by atoms with E-state index in [-0.39, 0.29) is 17.3 Å². The molecule has 0 bridgehead atoms. The normalized spacial score (nSPS) is 16.7. The summed E-state index contributed by atoms with van der Waals surface area (Å²) in [5.41, 5.74) is 2.22. The van der Waals surface area contributed by atoms with E-state index in [2.05, 4.69) is 29.4 Å². The van der Waals surface area contributed by atoms with Crippen molar-refractivity contribution in [2.45, 2.75) is 12.5 Å². The van der Waals surface area contributed by atoms with Crippen molar-refractivity contribution < 1.29 is 19.4 Å². The van der Waals surface area contributed by atoms with E-state index >= 15 is 0 Å². The fourth-order valence-corrected chi connectivity index (χ4v) is 3.47. The minimum atomic E-state index is -1.09. The summed E-state index contributed by atoms with van der Waals surface area (Å²) >= 11 is 0. The van der Waals surface area contributed by atoms with Gasteiger partial charge in [-0.1, -0.05) is 36.4 Å². The Morgan fingerprint density at radius 3 is 2.69 bits per heavy atom. The number of hydrogen-bond acceptors (Lipinski definition) is 4. The highest BCUT2D eigenvalue weighted by atomic mass is 16.5. The van der Waals surface area contributed by atoms with Gasteiger partial charge in [-0.25, -0.2) is 4.79 Å². The van der Waals surface area contributed by atoms with E-state index in [1.54, 1.807) is 31.4 Å². The number of carboxylic acid groups (broad SMARTS) is 1. The molecule has 0 saturated carbocycles. The van der Waals surface area contributed by atoms with Gasteiger partial charge in [-0.2, -0.15) is 0 Å². The van der Waals surface area contributed by atoms with Crippen molar-refractivity contribution >= 4 is 23.6 Å². The van der Waals surface area contributed by atoms with Crippen LogP contribution in [0, 0.1) is 0 Å². The predicted molar refractivity (Wildman–Crippen MR) is 113 cm³/mol. The molecule has 1 unspecified atom stereocenters. The lowest BCUT2D eigenvalue weighted by atomic mass is 9.93. The molecular weight excluding hydrogens is 368 g/mol. The highest BCUT2D eigenvalue weighted by Crippen LogP contribution is 2.36. The number of rotatable bonds is 6. The molecule has 150 valence electrons. The molecule has 2 aromatic rings. The van der Waals surface area contributed by atoms with Crippen molar-refractivity contribution in [2.24, 2.45) is 0 Å². The van der Waals surface area contributed by atoms with E-state index in [1.165, 1.54) is 12.1 Å². The van der Waals surface area contributed by atoms with Crippen molar-refractivity contribution in [3.05, 3.63) is 77.4 Å². The second-order valence-corrected chi connectivity index (χ2v) is 6.80. The van der Waals surface area contributed by atoms with E-state index < -0.39 is 11.9 Å². The Morgan fingerprint density at radius 1 is 1.17 bits per heavy atom. The smallest absolute Gasteiger partial charge is 0.337 e. The zero-order chi connectivity index (χ0) is 20.8. The number of amides is 1. The number of carboxylic acids is 1. The zero-order valence-electron chi connectivity index (χ0n) is 16.5. The first kappa shape index (κ1) is 20.4. The van der Waals surface area contributed by atoms with Gasteiger partial charge in [0.2, 0.25) is 5.91 Å². The van der Waals surface area contributed by atoms with Crippen LogP contribution in [0.25, 0.3) is 6.08 Å². The van der Waals surface area contributed by atoms with Crippen LogP contribution in [-0.4, -0.2) is 42.6 Å². The molecule has 0 aromatic heterocycles. The molecule has 0 aliphatic carbocycles. The van der Waals surface area contributed by atoms with Crippen LogP contribution in [-0.2, 0) is 4.79 Å². The molecule has 1 aliphatic heterocycles. The number of anilines is 1. The lowest BCUT2D eigenvalue weighted by Crippen LogP contribution is -2.28. The van der Waals surface area contributed by atoms with Gasteiger partial charge >= 0.3 is 5.97 Å². The maximum atomic E-state index is 12.4. The number of hydrogen-bond donors (Lipinski definition) is 2. The number of aromatic carboxylic acids is 1. The lowest BCUT2D eigenvalue weighted by molar-refractivity contribution is -0.111. The van der Waals surface area contributed by atoms with Crippen LogP contribution < -0.4 is 10.1 Å². The second kappa shape index (κ2) is 9.21. The third-order valence-electron chi connectivity index (χ3n) is 4.93. The summed E-state index contributed by atoms with van der Waals surface area (Å²) in [5, 5.41) is 11.9. The molecule has 1 heterocycles. The van der Waals surface area contributed by atoms with Crippen LogP contribution in [0.5, 0.6) is 5.75 Å². The Labute approximate surface area is 170 Å². The van der Waals surface area contributed by atoms with Crippen molar-refractivity contribution in [2.75, 3.05) is 26.0 Å². The highest BCUT2D eigenvalue weighted by molar-refractivity contribution is 6.06. The van der Waals surface area contributed by atoms with E-state index in [9.17, 15) is 14.7 Å². The van der Waals surface area contributed by atoms with Crippen molar-refractivity contribution in [1.29, 1.82) is 0 Å². The van der Waals surface area contributed by atoms with E-state index in [0.29, 0.717) is 0 Å². The number of nitrogens with zero attached hydrogens (tertiary/aromatic N) is 1. The Kier molecular flexibility index (Phi) is 6.46. The third kappa shape index (κ3) is 4.73. The summed E-state index contributed by atoms with van der Waals surface area (Å²) in [5.74, 6) is -0.714. The first-order chi connectivity index (χ1) is 14.0. The molecule has 2 aromatic carbocycles. The van der Waals surface area contributed by atoms with Gasteiger partial charge in [-0.15, -0.1) is 0 Å². The average molecular weight is 392 g/mol. The Morgan fingerprint density at radius 2 is 1.97 bits per heavy atom. The van der Waals surface area contributed by atoms with Crippen LogP contribution in [0.2, 0.25) is 0 Å². The largest absolute Gasteiger partial charge is 0.496 e. The van der Waals surface area contributed by atoms with Crippen molar-refractivity contribution in [3.8, 4) is 5.75 Å². The molecule has 1 amide bonds. The topological polar surface area (TPSA) is 78.9 Å².